The summed E-state index contributed by atoms with van der Waals surface area (Å²) in [5.74, 6) is -0.400. The lowest BCUT2D eigenvalue weighted by Crippen LogP contribution is -2.45. The van der Waals surface area contributed by atoms with Gasteiger partial charge in [0.05, 0.1) is 25.2 Å². The highest BCUT2D eigenvalue weighted by Crippen LogP contribution is 2.27. The van der Waals surface area contributed by atoms with Gasteiger partial charge < -0.3 is 15.0 Å². The average molecular weight is 374 g/mol. The van der Waals surface area contributed by atoms with Crippen LogP contribution in [0.2, 0.25) is 0 Å². The van der Waals surface area contributed by atoms with Crippen molar-refractivity contribution in [3.8, 4) is 0 Å². The number of benzene rings is 1. The summed E-state index contributed by atoms with van der Waals surface area (Å²) in [4.78, 5) is 24.6. The zero-order valence-electron chi connectivity index (χ0n) is 15.7. The fourth-order valence-corrected chi connectivity index (χ4v) is 3.62. The third-order valence-corrected chi connectivity index (χ3v) is 5.13. The highest BCUT2D eigenvalue weighted by Gasteiger charge is 2.32. The standard InChI is InChI=1S/C20H27FN4O2/c1-15-18(23-14-22-15)13-25(11-12-26)20(27)19(24-9-3-2-4-10-24)16-5-7-17(21)8-6-16/h5-8,14,19,26H,2-4,9-13H2,1H3,(H,22,23). The van der Waals surface area contributed by atoms with Gasteiger partial charge >= 0.3 is 0 Å². The number of carbonyl (C=O) groups excluding carboxylic acids is 1. The number of rotatable bonds is 7. The first-order valence-corrected chi connectivity index (χ1v) is 9.48. The van der Waals surface area contributed by atoms with Crippen molar-refractivity contribution in [3.63, 3.8) is 0 Å². The van der Waals surface area contributed by atoms with Gasteiger partial charge in [-0.2, -0.15) is 0 Å². The average Bonchev–Trinajstić information content (AvgIpc) is 3.08. The molecule has 27 heavy (non-hydrogen) atoms. The second-order valence-corrected chi connectivity index (χ2v) is 7.01. The topological polar surface area (TPSA) is 72.5 Å². The first-order valence-electron chi connectivity index (χ1n) is 9.48. The Morgan fingerprint density at radius 1 is 1.30 bits per heavy atom. The van der Waals surface area contributed by atoms with Crippen LogP contribution in [0.15, 0.2) is 30.6 Å². The molecule has 0 spiro atoms. The Labute approximate surface area is 159 Å². The van der Waals surface area contributed by atoms with Gasteiger partial charge in [-0.15, -0.1) is 0 Å². The molecule has 3 rings (SSSR count). The zero-order valence-corrected chi connectivity index (χ0v) is 15.7. The molecule has 1 aliphatic rings. The van der Waals surface area contributed by atoms with Crippen LogP contribution in [-0.4, -0.2) is 57.0 Å². The molecule has 2 N–H and O–H groups in total. The van der Waals surface area contributed by atoms with Gasteiger partial charge in [0.25, 0.3) is 0 Å². The quantitative estimate of drug-likeness (QED) is 0.781. The van der Waals surface area contributed by atoms with E-state index in [-0.39, 0.29) is 24.9 Å². The highest BCUT2D eigenvalue weighted by atomic mass is 19.1. The van der Waals surface area contributed by atoms with Crippen molar-refractivity contribution in [1.82, 2.24) is 19.8 Å². The molecule has 146 valence electrons. The molecule has 1 unspecified atom stereocenters. The normalized spacial score (nSPS) is 16.3. The summed E-state index contributed by atoms with van der Waals surface area (Å²) in [7, 11) is 0. The van der Waals surface area contributed by atoms with Gasteiger partial charge in [0.1, 0.15) is 11.9 Å². The maximum Gasteiger partial charge on any atom is 0.244 e. The van der Waals surface area contributed by atoms with Crippen LogP contribution in [0.1, 0.15) is 42.3 Å². The summed E-state index contributed by atoms with van der Waals surface area (Å²) < 4.78 is 13.4. The number of aromatic amines is 1. The SMILES string of the molecule is Cc1[nH]cnc1CN(CCO)C(=O)C(c1ccc(F)cc1)N1CCCCC1. The van der Waals surface area contributed by atoms with E-state index in [9.17, 15) is 14.3 Å². The van der Waals surface area contributed by atoms with E-state index in [1.165, 1.54) is 12.1 Å². The number of hydrogen-bond acceptors (Lipinski definition) is 4. The Kier molecular flexibility index (Phi) is 6.58. The Morgan fingerprint density at radius 3 is 2.59 bits per heavy atom. The second-order valence-electron chi connectivity index (χ2n) is 7.01. The number of carbonyl (C=O) groups is 1. The maximum atomic E-state index is 13.5. The van der Waals surface area contributed by atoms with Crippen LogP contribution in [0.25, 0.3) is 0 Å². The highest BCUT2D eigenvalue weighted by molar-refractivity contribution is 5.83. The maximum absolute atomic E-state index is 13.5. The predicted octanol–water partition coefficient (Wildman–Crippen LogP) is 2.41. The van der Waals surface area contributed by atoms with E-state index in [1.54, 1.807) is 23.4 Å². The number of aryl methyl sites for hydroxylation is 1. The zero-order chi connectivity index (χ0) is 19.2. The van der Waals surface area contributed by atoms with Crippen molar-refractivity contribution in [3.05, 3.63) is 53.4 Å². The molecule has 6 nitrogen and oxygen atoms in total. The summed E-state index contributed by atoms with van der Waals surface area (Å²) >= 11 is 0. The van der Waals surface area contributed by atoms with Crippen molar-refractivity contribution in [2.75, 3.05) is 26.2 Å². The summed E-state index contributed by atoms with van der Waals surface area (Å²) in [5.41, 5.74) is 2.47. The Morgan fingerprint density at radius 2 is 2.00 bits per heavy atom. The third-order valence-electron chi connectivity index (χ3n) is 5.13. The van der Waals surface area contributed by atoms with Crippen LogP contribution in [-0.2, 0) is 11.3 Å². The minimum absolute atomic E-state index is 0.0834. The molecule has 2 aromatic rings. The molecule has 0 radical (unpaired) electrons. The summed E-state index contributed by atoms with van der Waals surface area (Å²) in [6.07, 6.45) is 4.86. The molecule has 1 aliphatic heterocycles. The molecule has 1 aromatic heterocycles. The molecule has 1 amide bonds. The van der Waals surface area contributed by atoms with Crippen LogP contribution in [0, 0.1) is 12.7 Å². The molecule has 0 bridgehead atoms. The van der Waals surface area contributed by atoms with Gasteiger partial charge in [0.15, 0.2) is 0 Å². The molecular weight excluding hydrogens is 347 g/mol. The largest absolute Gasteiger partial charge is 0.395 e. The van der Waals surface area contributed by atoms with Gasteiger partial charge in [-0.25, -0.2) is 9.37 Å². The minimum atomic E-state index is -0.475. The number of aliphatic hydroxyl groups is 1. The number of nitrogens with one attached hydrogen (secondary N) is 1. The number of aliphatic hydroxyl groups excluding tert-OH is 1. The van der Waals surface area contributed by atoms with Gasteiger partial charge in [-0.05, 0) is 50.6 Å². The van der Waals surface area contributed by atoms with E-state index in [0.29, 0.717) is 6.54 Å². The summed E-state index contributed by atoms with van der Waals surface area (Å²) in [6.45, 7) is 4.03. The van der Waals surface area contributed by atoms with Gasteiger partial charge in [0.2, 0.25) is 5.91 Å². The van der Waals surface area contributed by atoms with Crippen molar-refractivity contribution < 1.29 is 14.3 Å². The molecule has 0 saturated carbocycles. The molecule has 1 atom stereocenters. The Balaban J connectivity index is 1.88. The summed E-state index contributed by atoms with van der Waals surface area (Å²) in [6, 6.07) is 5.69. The van der Waals surface area contributed by atoms with E-state index in [4.69, 9.17) is 0 Å². The van der Waals surface area contributed by atoms with Crippen molar-refractivity contribution in [2.45, 2.75) is 38.8 Å². The van der Waals surface area contributed by atoms with E-state index >= 15 is 0 Å². The minimum Gasteiger partial charge on any atom is -0.395 e. The van der Waals surface area contributed by atoms with Crippen molar-refractivity contribution in [2.24, 2.45) is 0 Å². The van der Waals surface area contributed by atoms with Crippen LogP contribution < -0.4 is 0 Å². The van der Waals surface area contributed by atoms with E-state index in [0.717, 1.165) is 49.3 Å². The lowest BCUT2D eigenvalue weighted by molar-refractivity contribution is -0.139. The van der Waals surface area contributed by atoms with E-state index < -0.39 is 6.04 Å². The monoisotopic (exact) mass is 374 g/mol. The van der Waals surface area contributed by atoms with Gasteiger partial charge in [-0.1, -0.05) is 18.6 Å². The van der Waals surface area contributed by atoms with E-state index in [1.807, 2.05) is 6.92 Å². The molecule has 7 heteroatoms. The van der Waals surface area contributed by atoms with E-state index in [2.05, 4.69) is 14.9 Å². The molecule has 1 saturated heterocycles. The first kappa shape index (κ1) is 19.5. The predicted molar refractivity (Wildman–Crippen MR) is 100 cm³/mol. The number of aromatic nitrogens is 2. The van der Waals surface area contributed by atoms with Gasteiger partial charge in [-0.3, -0.25) is 9.69 Å². The third kappa shape index (κ3) is 4.73. The lowest BCUT2D eigenvalue weighted by Gasteiger charge is -2.36. The van der Waals surface area contributed by atoms with Crippen LogP contribution in [0.5, 0.6) is 0 Å². The molecule has 1 aromatic carbocycles. The number of amides is 1. The summed E-state index contributed by atoms with van der Waals surface area (Å²) in [5, 5.41) is 9.50. The van der Waals surface area contributed by atoms with Crippen molar-refractivity contribution >= 4 is 5.91 Å². The number of halogens is 1. The molecular formula is C20H27FN4O2. The van der Waals surface area contributed by atoms with Gasteiger partial charge in [0, 0.05) is 12.2 Å². The van der Waals surface area contributed by atoms with Crippen molar-refractivity contribution in [1.29, 1.82) is 0 Å². The lowest BCUT2D eigenvalue weighted by atomic mass is 10.00. The number of nitrogens with zero attached hydrogens (tertiary/aromatic N) is 3. The fraction of sp³-hybridized carbons (Fsp3) is 0.500. The molecule has 1 fully saturated rings. The number of piperidine rings is 1. The van der Waals surface area contributed by atoms with Crippen LogP contribution in [0.3, 0.4) is 0 Å². The molecule has 2 heterocycles. The molecule has 0 aliphatic carbocycles. The number of hydrogen-bond donors (Lipinski definition) is 2. The fourth-order valence-electron chi connectivity index (χ4n) is 3.62. The smallest absolute Gasteiger partial charge is 0.244 e. The Bertz CT molecular complexity index is 741. The number of imidazole rings is 1. The second kappa shape index (κ2) is 9.10. The Hall–Kier alpha value is -2.25. The van der Waals surface area contributed by atoms with Crippen LogP contribution in [0.4, 0.5) is 4.39 Å². The number of H-pyrrole nitrogens is 1. The number of likely N-dealkylation sites (tertiary alicyclic amines) is 1. The first-order chi connectivity index (χ1) is 13.1. The van der Waals surface area contributed by atoms with Crippen LogP contribution >= 0.6 is 0 Å².